The van der Waals surface area contributed by atoms with E-state index in [1.54, 1.807) is 0 Å². The van der Waals surface area contributed by atoms with Crippen molar-refractivity contribution in [1.29, 1.82) is 0 Å². The van der Waals surface area contributed by atoms with Gasteiger partial charge in [-0.25, -0.2) is 0 Å². The SMILES string of the molecule is Cc1ccccc1CC(=O)CCc1ccccc1. The molecule has 0 aliphatic carbocycles. The molecule has 18 heavy (non-hydrogen) atoms. The number of carbonyl (C=O) groups excluding carboxylic acids is 1. The van der Waals surface area contributed by atoms with Crippen LogP contribution < -0.4 is 0 Å². The number of rotatable bonds is 5. The third-order valence-electron chi connectivity index (χ3n) is 3.18. The molecule has 0 heterocycles. The lowest BCUT2D eigenvalue weighted by Gasteiger charge is -2.05. The monoisotopic (exact) mass is 238 g/mol. The average Bonchev–Trinajstić information content (AvgIpc) is 2.40. The number of ketones is 1. The Kier molecular flexibility index (Phi) is 4.30. The van der Waals surface area contributed by atoms with Gasteiger partial charge in [0.2, 0.25) is 0 Å². The normalized spacial score (nSPS) is 10.3. The zero-order valence-electron chi connectivity index (χ0n) is 10.7. The summed E-state index contributed by atoms with van der Waals surface area (Å²) < 4.78 is 0. The first-order valence-electron chi connectivity index (χ1n) is 6.36. The molecule has 0 fully saturated rings. The molecule has 1 heteroatoms. The maximum absolute atomic E-state index is 11.9. The number of carbonyl (C=O) groups is 1. The molecule has 0 aromatic heterocycles. The van der Waals surface area contributed by atoms with Crippen LogP contribution in [0.5, 0.6) is 0 Å². The second-order valence-corrected chi connectivity index (χ2v) is 4.63. The highest BCUT2D eigenvalue weighted by Gasteiger charge is 2.05. The first kappa shape index (κ1) is 12.6. The van der Waals surface area contributed by atoms with Gasteiger partial charge in [-0.2, -0.15) is 0 Å². The molecule has 0 atom stereocenters. The summed E-state index contributed by atoms with van der Waals surface area (Å²) in [5.74, 6) is 0.313. The minimum absolute atomic E-state index is 0.313. The van der Waals surface area contributed by atoms with Crippen molar-refractivity contribution < 1.29 is 4.79 Å². The van der Waals surface area contributed by atoms with E-state index in [0.717, 1.165) is 12.0 Å². The molecule has 0 N–H and O–H groups in total. The van der Waals surface area contributed by atoms with Crippen LogP contribution in [0.4, 0.5) is 0 Å². The molecule has 92 valence electrons. The summed E-state index contributed by atoms with van der Waals surface area (Å²) in [6, 6.07) is 18.3. The Morgan fingerprint density at radius 3 is 2.33 bits per heavy atom. The Bertz CT molecular complexity index is 514. The second kappa shape index (κ2) is 6.15. The van der Waals surface area contributed by atoms with E-state index >= 15 is 0 Å². The molecule has 0 aliphatic heterocycles. The number of aryl methyl sites for hydroxylation is 2. The molecule has 1 nitrogen and oxygen atoms in total. The molecule has 2 aromatic carbocycles. The minimum Gasteiger partial charge on any atom is -0.299 e. The van der Waals surface area contributed by atoms with E-state index in [1.165, 1.54) is 11.1 Å². The van der Waals surface area contributed by atoms with E-state index in [0.29, 0.717) is 18.6 Å². The third-order valence-corrected chi connectivity index (χ3v) is 3.18. The number of hydrogen-bond donors (Lipinski definition) is 0. The van der Waals surface area contributed by atoms with Crippen LogP contribution in [0.3, 0.4) is 0 Å². The van der Waals surface area contributed by atoms with Crippen LogP contribution >= 0.6 is 0 Å². The van der Waals surface area contributed by atoms with E-state index in [9.17, 15) is 4.79 Å². The zero-order chi connectivity index (χ0) is 12.8. The average molecular weight is 238 g/mol. The molecule has 0 saturated carbocycles. The number of benzene rings is 2. The van der Waals surface area contributed by atoms with Gasteiger partial charge in [0.05, 0.1) is 0 Å². The van der Waals surface area contributed by atoms with Crippen molar-refractivity contribution in [2.45, 2.75) is 26.2 Å². The molecular formula is C17H18O. The molecule has 0 aliphatic rings. The van der Waals surface area contributed by atoms with Crippen LogP contribution in [0, 0.1) is 6.92 Å². The first-order valence-corrected chi connectivity index (χ1v) is 6.36. The largest absolute Gasteiger partial charge is 0.299 e. The van der Waals surface area contributed by atoms with E-state index in [1.807, 2.05) is 36.4 Å². The Balaban J connectivity index is 1.88. The Morgan fingerprint density at radius 1 is 0.944 bits per heavy atom. The molecule has 0 saturated heterocycles. The Hall–Kier alpha value is -1.89. The van der Waals surface area contributed by atoms with E-state index in [2.05, 4.69) is 25.1 Å². The summed E-state index contributed by atoms with van der Waals surface area (Å²) in [7, 11) is 0. The molecule has 0 spiro atoms. The summed E-state index contributed by atoms with van der Waals surface area (Å²) in [5, 5.41) is 0. The van der Waals surface area contributed by atoms with Gasteiger partial charge in [0, 0.05) is 12.8 Å². The lowest BCUT2D eigenvalue weighted by atomic mass is 10.00. The van der Waals surface area contributed by atoms with Gasteiger partial charge in [0.25, 0.3) is 0 Å². The third kappa shape index (κ3) is 3.56. The van der Waals surface area contributed by atoms with Gasteiger partial charge in [0.15, 0.2) is 0 Å². The van der Waals surface area contributed by atoms with Crippen LogP contribution in [0.1, 0.15) is 23.1 Å². The van der Waals surface area contributed by atoms with Gasteiger partial charge in [-0.3, -0.25) is 4.79 Å². The van der Waals surface area contributed by atoms with E-state index < -0.39 is 0 Å². The van der Waals surface area contributed by atoms with Crippen molar-refractivity contribution in [2.75, 3.05) is 0 Å². The van der Waals surface area contributed by atoms with Crippen molar-refractivity contribution >= 4 is 5.78 Å². The topological polar surface area (TPSA) is 17.1 Å². The fourth-order valence-corrected chi connectivity index (χ4v) is 2.04. The fraction of sp³-hybridized carbons (Fsp3) is 0.235. The van der Waals surface area contributed by atoms with Crippen LogP contribution in [0.2, 0.25) is 0 Å². The van der Waals surface area contributed by atoms with Crippen LogP contribution in [0.15, 0.2) is 54.6 Å². The van der Waals surface area contributed by atoms with Gasteiger partial charge in [-0.1, -0.05) is 54.6 Å². The van der Waals surface area contributed by atoms with Gasteiger partial charge in [-0.05, 0) is 30.0 Å². The maximum atomic E-state index is 11.9. The molecule has 0 unspecified atom stereocenters. The van der Waals surface area contributed by atoms with Crippen molar-refractivity contribution in [2.24, 2.45) is 0 Å². The van der Waals surface area contributed by atoms with Gasteiger partial charge >= 0.3 is 0 Å². The highest BCUT2D eigenvalue weighted by Crippen LogP contribution is 2.10. The van der Waals surface area contributed by atoms with Crippen molar-refractivity contribution in [3.05, 3.63) is 71.3 Å². The Morgan fingerprint density at radius 2 is 1.61 bits per heavy atom. The van der Waals surface area contributed by atoms with Gasteiger partial charge in [0.1, 0.15) is 5.78 Å². The first-order chi connectivity index (χ1) is 8.75. The summed E-state index contributed by atoms with van der Waals surface area (Å²) in [4.78, 5) is 11.9. The van der Waals surface area contributed by atoms with Crippen LogP contribution in [-0.2, 0) is 17.6 Å². The van der Waals surface area contributed by atoms with Crippen molar-refractivity contribution in [1.82, 2.24) is 0 Å². The van der Waals surface area contributed by atoms with Gasteiger partial charge in [-0.15, -0.1) is 0 Å². The van der Waals surface area contributed by atoms with Crippen molar-refractivity contribution in [3.63, 3.8) is 0 Å². The van der Waals surface area contributed by atoms with Crippen LogP contribution in [0.25, 0.3) is 0 Å². The number of Topliss-reactive ketones (excluding diaryl/α,β-unsaturated/α-hetero) is 1. The smallest absolute Gasteiger partial charge is 0.137 e. The van der Waals surface area contributed by atoms with E-state index in [-0.39, 0.29) is 0 Å². The second-order valence-electron chi connectivity index (χ2n) is 4.63. The molecular weight excluding hydrogens is 220 g/mol. The van der Waals surface area contributed by atoms with Crippen LogP contribution in [-0.4, -0.2) is 5.78 Å². The maximum Gasteiger partial charge on any atom is 0.137 e. The molecule has 2 rings (SSSR count). The molecule has 2 aromatic rings. The van der Waals surface area contributed by atoms with Crippen molar-refractivity contribution in [3.8, 4) is 0 Å². The zero-order valence-corrected chi connectivity index (χ0v) is 10.7. The quantitative estimate of drug-likeness (QED) is 0.775. The predicted octanol–water partition coefficient (Wildman–Crippen LogP) is 3.74. The lowest BCUT2D eigenvalue weighted by molar-refractivity contribution is -0.118. The van der Waals surface area contributed by atoms with E-state index in [4.69, 9.17) is 0 Å². The highest BCUT2D eigenvalue weighted by molar-refractivity contribution is 5.81. The number of hydrogen-bond acceptors (Lipinski definition) is 1. The summed E-state index contributed by atoms with van der Waals surface area (Å²) in [6.07, 6.45) is 2.02. The Labute approximate surface area is 108 Å². The van der Waals surface area contributed by atoms with Gasteiger partial charge < -0.3 is 0 Å². The standard InChI is InChI=1S/C17H18O/c1-14-7-5-6-10-16(14)13-17(18)12-11-15-8-3-2-4-9-15/h2-10H,11-13H2,1H3. The molecule has 0 amide bonds. The minimum atomic E-state index is 0.313. The fourth-order valence-electron chi connectivity index (χ4n) is 2.04. The molecule has 0 radical (unpaired) electrons. The highest BCUT2D eigenvalue weighted by atomic mass is 16.1. The lowest BCUT2D eigenvalue weighted by Crippen LogP contribution is -2.05. The summed E-state index contributed by atoms with van der Waals surface area (Å²) in [6.45, 7) is 2.06. The summed E-state index contributed by atoms with van der Waals surface area (Å²) in [5.41, 5.74) is 3.58. The molecule has 0 bridgehead atoms. The predicted molar refractivity (Wildman–Crippen MR) is 74.7 cm³/mol. The summed E-state index contributed by atoms with van der Waals surface area (Å²) >= 11 is 0.